The van der Waals surface area contributed by atoms with E-state index in [2.05, 4.69) is 24.8 Å². The lowest BCUT2D eigenvalue weighted by Gasteiger charge is -2.37. The smallest absolute Gasteiger partial charge is 0.387 e. The minimum absolute atomic E-state index is 0.0279. The van der Waals surface area contributed by atoms with Crippen molar-refractivity contribution in [3.63, 3.8) is 0 Å². The highest BCUT2D eigenvalue weighted by molar-refractivity contribution is 7.90. The van der Waals surface area contributed by atoms with Crippen LogP contribution in [0.5, 0.6) is 5.75 Å². The van der Waals surface area contributed by atoms with Gasteiger partial charge in [0, 0.05) is 39.0 Å². The number of benzene rings is 1. The van der Waals surface area contributed by atoms with Gasteiger partial charge in [-0.3, -0.25) is 19.2 Å². The van der Waals surface area contributed by atoms with Crippen molar-refractivity contribution in [1.82, 2.24) is 25.2 Å². The van der Waals surface area contributed by atoms with E-state index in [-0.39, 0.29) is 73.4 Å². The molecule has 1 aliphatic carbocycles. The summed E-state index contributed by atoms with van der Waals surface area (Å²) in [6, 6.07) is 2.10. The summed E-state index contributed by atoms with van der Waals surface area (Å²) in [6.07, 6.45) is 5.28. The molecule has 3 amide bonds. The van der Waals surface area contributed by atoms with Crippen molar-refractivity contribution in [3.05, 3.63) is 36.2 Å². The monoisotopic (exact) mass is 751 g/mol. The van der Waals surface area contributed by atoms with Crippen molar-refractivity contribution < 1.29 is 51.0 Å². The first-order chi connectivity index (χ1) is 24.5. The van der Waals surface area contributed by atoms with Crippen molar-refractivity contribution in [2.24, 2.45) is 16.0 Å². The Morgan fingerprint density at radius 1 is 1.13 bits per heavy atom. The molecule has 0 radical (unpaired) electrons. The molecule has 0 unspecified atom stereocenters. The van der Waals surface area contributed by atoms with Crippen LogP contribution < -0.4 is 15.8 Å². The van der Waals surface area contributed by atoms with Crippen LogP contribution in [0.4, 0.5) is 8.78 Å². The number of ether oxygens (including phenoxy) is 2. The molecule has 2 saturated heterocycles. The van der Waals surface area contributed by atoms with Crippen LogP contribution in [0.3, 0.4) is 0 Å². The number of nitrogens with zero attached hydrogens (tertiary/aromatic N) is 5. The van der Waals surface area contributed by atoms with Crippen molar-refractivity contribution in [2.75, 3.05) is 19.8 Å². The number of ketones is 1. The largest absolute Gasteiger partial charge is 0.435 e. The van der Waals surface area contributed by atoms with E-state index < -0.39 is 63.4 Å². The molecule has 3 heterocycles. The summed E-state index contributed by atoms with van der Waals surface area (Å²) in [7, 11) is -4.58. The molecule has 52 heavy (non-hydrogen) atoms. The number of primary amides is 1. The van der Waals surface area contributed by atoms with Crippen molar-refractivity contribution in [1.29, 1.82) is 0 Å². The number of aromatic nitrogens is 3. The van der Waals surface area contributed by atoms with E-state index in [1.54, 1.807) is 0 Å². The lowest BCUT2D eigenvalue weighted by Crippen LogP contribution is -2.63. The average Bonchev–Trinajstić information content (AvgIpc) is 3.77. The number of carbonyl (C=O) groups excluding carboxylic acids is 4. The summed E-state index contributed by atoms with van der Waals surface area (Å²) in [5, 5.41) is 21.5. The van der Waals surface area contributed by atoms with Gasteiger partial charge in [-0.1, -0.05) is 37.3 Å². The van der Waals surface area contributed by atoms with Gasteiger partial charge in [0.2, 0.25) is 11.7 Å². The standard InChI is InChI=1S/C33H43F2N7O9S/c1-32(2,47)26-18-37-40-42(26)21-17-25(29(45)38-33(27(43)28(36)44)12-14-50-15-13-33)41(19-21)30(46)24(16-20-6-4-3-5-7-20)39-52(48,49)23-10-8-22(9-11-23)51-31(34)35/h8-11,18,20-21,25,31,47H,3-7,12-17,19H2,1-2H3,(H2,36,44)(H,38,45)/b39-24+/t21-,25-/m0/s1. The number of halogens is 2. The van der Waals surface area contributed by atoms with Crippen molar-refractivity contribution in [3.8, 4) is 5.75 Å². The van der Waals surface area contributed by atoms with E-state index in [1.165, 1.54) is 24.7 Å². The molecule has 3 aliphatic rings. The topological polar surface area (TPSA) is 225 Å². The fourth-order valence-corrected chi connectivity index (χ4v) is 8.11. The fraction of sp³-hybridized carbons (Fsp3) is 0.606. The molecular weight excluding hydrogens is 708 g/mol. The van der Waals surface area contributed by atoms with Crippen LogP contribution in [0.15, 0.2) is 39.8 Å². The minimum Gasteiger partial charge on any atom is -0.435 e. The summed E-state index contributed by atoms with van der Waals surface area (Å²) in [5.41, 5.74) is 2.20. The van der Waals surface area contributed by atoms with Crippen LogP contribution in [0.25, 0.3) is 0 Å². The third kappa shape index (κ3) is 8.80. The predicted molar refractivity (Wildman–Crippen MR) is 178 cm³/mol. The quantitative estimate of drug-likeness (QED) is 0.198. The molecule has 2 aliphatic heterocycles. The van der Waals surface area contributed by atoms with Gasteiger partial charge in [0.15, 0.2) is 0 Å². The number of aliphatic hydroxyl groups is 1. The molecule has 16 nitrogen and oxygen atoms in total. The molecule has 0 bridgehead atoms. The van der Waals surface area contributed by atoms with Gasteiger partial charge in [0.1, 0.15) is 28.6 Å². The molecule has 4 N–H and O–H groups in total. The van der Waals surface area contributed by atoms with E-state index >= 15 is 0 Å². The van der Waals surface area contributed by atoms with Gasteiger partial charge in [-0.2, -0.15) is 21.6 Å². The lowest BCUT2D eigenvalue weighted by atomic mass is 9.84. The second kappa shape index (κ2) is 15.7. The summed E-state index contributed by atoms with van der Waals surface area (Å²) in [4.78, 5) is 54.8. The third-order valence-corrected chi connectivity index (χ3v) is 11.1. The zero-order valence-corrected chi connectivity index (χ0v) is 29.7. The zero-order chi connectivity index (χ0) is 37.8. The Bertz CT molecular complexity index is 1780. The number of amides is 3. The molecule has 1 saturated carbocycles. The summed E-state index contributed by atoms with van der Waals surface area (Å²) >= 11 is 0. The van der Waals surface area contributed by atoms with E-state index in [4.69, 9.17) is 10.5 Å². The molecule has 1 aromatic carbocycles. The van der Waals surface area contributed by atoms with Gasteiger partial charge in [0.25, 0.3) is 21.8 Å². The second-order valence-corrected chi connectivity index (χ2v) is 15.5. The normalized spacial score (nSPS) is 21.6. The van der Waals surface area contributed by atoms with Crippen LogP contribution in [0, 0.1) is 5.92 Å². The summed E-state index contributed by atoms with van der Waals surface area (Å²) in [6.45, 7) is -0.182. The Morgan fingerprint density at radius 3 is 2.38 bits per heavy atom. The first-order valence-corrected chi connectivity index (χ1v) is 18.5. The van der Waals surface area contributed by atoms with Gasteiger partial charge in [0.05, 0.1) is 22.8 Å². The van der Waals surface area contributed by atoms with Crippen LogP contribution in [0.2, 0.25) is 0 Å². The van der Waals surface area contributed by atoms with Gasteiger partial charge in [-0.25, -0.2) is 4.68 Å². The number of alkyl halides is 2. The summed E-state index contributed by atoms with van der Waals surface area (Å²) in [5.74, 6) is -4.29. The Labute approximate surface area is 299 Å². The number of rotatable bonds is 13. The van der Waals surface area contributed by atoms with Gasteiger partial charge >= 0.3 is 6.61 Å². The van der Waals surface area contributed by atoms with Crippen LogP contribution in [0.1, 0.15) is 83.4 Å². The number of likely N-dealkylation sites (tertiary alicyclic amines) is 1. The van der Waals surface area contributed by atoms with E-state index in [1.807, 2.05) is 0 Å². The Balaban J connectivity index is 1.54. The Kier molecular flexibility index (Phi) is 11.7. The number of hydrogen-bond donors (Lipinski definition) is 3. The molecule has 2 aromatic rings. The number of hydrogen-bond acceptors (Lipinski definition) is 11. The number of sulfonamides is 1. The molecule has 0 spiro atoms. The van der Waals surface area contributed by atoms with Crippen molar-refractivity contribution in [2.45, 2.75) is 106 Å². The van der Waals surface area contributed by atoms with Crippen LogP contribution in [-0.4, -0.2) is 101 Å². The Morgan fingerprint density at radius 2 is 1.79 bits per heavy atom. The minimum atomic E-state index is -4.58. The van der Waals surface area contributed by atoms with E-state index in [0.717, 1.165) is 48.4 Å². The number of nitrogens with one attached hydrogen (secondary N) is 1. The van der Waals surface area contributed by atoms with Gasteiger partial charge < -0.3 is 30.5 Å². The predicted octanol–water partition coefficient (Wildman–Crippen LogP) is 1.77. The number of carbonyl (C=O) groups is 4. The molecule has 5 rings (SSSR count). The molecule has 3 fully saturated rings. The van der Waals surface area contributed by atoms with E-state index in [0.29, 0.717) is 12.8 Å². The highest BCUT2D eigenvalue weighted by Crippen LogP contribution is 2.34. The fourth-order valence-electron chi connectivity index (χ4n) is 7.08. The maximum absolute atomic E-state index is 14.6. The van der Waals surface area contributed by atoms with Crippen molar-refractivity contribution >= 4 is 39.2 Å². The van der Waals surface area contributed by atoms with Gasteiger partial charge in [-0.15, -0.1) is 5.10 Å². The molecule has 2 atom stereocenters. The first-order valence-electron chi connectivity index (χ1n) is 17.1. The van der Waals surface area contributed by atoms with Crippen LogP contribution >= 0.6 is 0 Å². The molecule has 284 valence electrons. The maximum atomic E-state index is 14.6. The summed E-state index contributed by atoms with van der Waals surface area (Å²) < 4.78 is 67.7. The van der Waals surface area contributed by atoms with E-state index in [9.17, 15) is 41.5 Å². The first kappa shape index (κ1) is 38.9. The number of nitrogens with two attached hydrogens (primary N) is 1. The number of Topliss-reactive ketones (excluding diaryl/α,β-unsaturated/α-hetero) is 1. The molecular formula is C33H43F2N7O9S. The zero-order valence-electron chi connectivity index (χ0n) is 28.9. The molecule has 19 heteroatoms. The Hall–Kier alpha value is -4.36. The van der Waals surface area contributed by atoms with Crippen LogP contribution in [-0.2, 0) is 39.5 Å². The lowest BCUT2D eigenvalue weighted by molar-refractivity contribution is -0.146. The third-order valence-electron chi connectivity index (χ3n) is 9.79. The molecule has 1 aromatic heterocycles. The highest BCUT2D eigenvalue weighted by Gasteiger charge is 2.49. The SMILES string of the molecule is CC(C)(O)c1cnnn1[C@H]1C[C@@H](C(=O)NC2(C(=O)C(N)=O)CCOCC2)N(C(=O)/C(CC2CCCCC2)=N/S(=O)(=O)c2ccc(OC(F)F)cc2)C1. The average molecular weight is 752 g/mol. The highest BCUT2D eigenvalue weighted by atomic mass is 32.2. The van der Waals surface area contributed by atoms with Gasteiger partial charge in [-0.05, 0) is 50.5 Å². The second-order valence-electron chi connectivity index (χ2n) is 13.9. The maximum Gasteiger partial charge on any atom is 0.387 e.